The molecular formula is C18H29NO2. The van der Waals surface area contributed by atoms with Crippen LogP contribution < -0.4 is 5.32 Å². The van der Waals surface area contributed by atoms with Gasteiger partial charge < -0.3 is 15.2 Å². The molecule has 3 heteroatoms. The van der Waals surface area contributed by atoms with Gasteiger partial charge in [0.1, 0.15) is 0 Å². The van der Waals surface area contributed by atoms with E-state index in [1.54, 1.807) is 0 Å². The lowest BCUT2D eigenvalue weighted by Crippen LogP contribution is -2.29. The summed E-state index contributed by atoms with van der Waals surface area (Å²) in [5, 5.41) is 13.3. The van der Waals surface area contributed by atoms with E-state index >= 15 is 0 Å². The number of nitrogens with one attached hydrogen (secondary N) is 1. The number of aryl methyl sites for hydroxylation is 2. The lowest BCUT2D eigenvalue weighted by Gasteiger charge is -2.27. The van der Waals surface area contributed by atoms with Crippen molar-refractivity contribution in [2.45, 2.75) is 58.7 Å². The van der Waals surface area contributed by atoms with Crippen molar-refractivity contribution >= 4 is 5.69 Å². The van der Waals surface area contributed by atoms with Crippen LogP contribution >= 0.6 is 0 Å². The Hall–Kier alpha value is -1.06. The summed E-state index contributed by atoms with van der Waals surface area (Å²) < 4.78 is 5.83. The molecule has 1 aromatic carbocycles. The van der Waals surface area contributed by atoms with E-state index in [4.69, 9.17) is 4.74 Å². The first-order valence-electron chi connectivity index (χ1n) is 8.15. The number of ether oxygens (including phenoxy) is 1. The highest BCUT2D eigenvalue weighted by atomic mass is 16.5. The summed E-state index contributed by atoms with van der Waals surface area (Å²) >= 11 is 0. The Morgan fingerprint density at radius 3 is 2.57 bits per heavy atom. The van der Waals surface area contributed by atoms with E-state index in [1.165, 1.54) is 24.0 Å². The smallest absolute Gasteiger partial charge is 0.0945 e. The molecule has 0 aromatic heterocycles. The van der Waals surface area contributed by atoms with E-state index in [9.17, 15) is 5.11 Å². The number of benzene rings is 1. The van der Waals surface area contributed by atoms with Crippen LogP contribution in [0.25, 0.3) is 0 Å². The molecule has 3 nitrogen and oxygen atoms in total. The summed E-state index contributed by atoms with van der Waals surface area (Å²) in [6.45, 7) is 7.47. The van der Waals surface area contributed by atoms with Gasteiger partial charge in [0.25, 0.3) is 0 Å². The Kier molecular flexibility index (Phi) is 6.07. The zero-order chi connectivity index (χ0) is 15.2. The molecule has 1 aromatic rings. The molecular weight excluding hydrogens is 262 g/mol. The van der Waals surface area contributed by atoms with Crippen LogP contribution in [0.2, 0.25) is 0 Å². The Balaban J connectivity index is 1.67. The molecule has 1 unspecified atom stereocenters. The van der Waals surface area contributed by atoms with Crippen molar-refractivity contribution in [3.8, 4) is 0 Å². The highest BCUT2D eigenvalue weighted by molar-refractivity contribution is 5.48. The van der Waals surface area contributed by atoms with Gasteiger partial charge in [-0.15, -0.1) is 0 Å². The third-order valence-electron chi connectivity index (χ3n) is 4.54. The molecule has 0 spiro atoms. The molecule has 0 bridgehead atoms. The molecule has 2 N–H and O–H groups in total. The molecule has 0 saturated heterocycles. The Bertz CT molecular complexity index is 439. The van der Waals surface area contributed by atoms with Crippen molar-refractivity contribution in [1.82, 2.24) is 0 Å². The maximum atomic E-state index is 10.0. The first-order valence-corrected chi connectivity index (χ1v) is 8.15. The minimum absolute atomic E-state index is 0.345. The first-order chi connectivity index (χ1) is 10.0. The number of aliphatic hydroxyl groups excluding tert-OH is 1. The van der Waals surface area contributed by atoms with E-state index in [-0.39, 0.29) is 0 Å². The summed E-state index contributed by atoms with van der Waals surface area (Å²) in [4.78, 5) is 0. The summed E-state index contributed by atoms with van der Waals surface area (Å²) in [6.07, 6.45) is 4.67. The highest BCUT2D eigenvalue weighted by Gasteiger charge is 2.19. The number of rotatable bonds is 6. The number of anilines is 1. The third kappa shape index (κ3) is 5.33. The molecule has 2 rings (SSSR count). The van der Waals surface area contributed by atoms with Crippen LogP contribution in [0.4, 0.5) is 5.69 Å². The van der Waals surface area contributed by atoms with E-state index in [0.29, 0.717) is 19.3 Å². The van der Waals surface area contributed by atoms with E-state index < -0.39 is 6.10 Å². The molecule has 118 valence electrons. The summed E-state index contributed by atoms with van der Waals surface area (Å²) in [6, 6.07) is 6.27. The zero-order valence-corrected chi connectivity index (χ0v) is 13.6. The van der Waals surface area contributed by atoms with Gasteiger partial charge in [-0.25, -0.2) is 0 Å². The normalized spacial score (nSPS) is 23.8. The highest BCUT2D eigenvalue weighted by Crippen LogP contribution is 2.25. The quantitative estimate of drug-likeness (QED) is 0.840. The molecule has 1 atom stereocenters. The molecule has 0 heterocycles. The van der Waals surface area contributed by atoms with Crippen molar-refractivity contribution in [1.29, 1.82) is 0 Å². The molecule has 0 amide bonds. The second-order valence-electron chi connectivity index (χ2n) is 6.55. The van der Waals surface area contributed by atoms with Crippen LogP contribution in [-0.2, 0) is 4.74 Å². The Labute approximate surface area is 128 Å². The largest absolute Gasteiger partial charge is 0.389 e. The van der Waals surface area contributed by atoms with E-state index in [1.807, 2.05) is 0 Å². The van der Waals surface area contributed by atoms with Gasteiger partial charge in [0.05, 0.1) is 18.8 Å². The second kappa shape index (κ2) is 7.81. The van der Waals surface area contributed by atoms with E-state index in [0.717, 1.165) is 24.4 Å². The van der Waals surface area contributed by atoms with Crippen LogP contribution in [0, 0.1) is 19.8 Å². The van der Waals surface area contributed by atoms with Gasteiger partial charge in [-0.3, -0.25) is 0 Å². The summed E-state index contributed by atoms with van der Waals surface area (Å²) in [5.41, 5.74) is 3.61. The third-order valence-corrected chi connectivity index (χ3v) is 4.54. The number of aliphatic hydroxyl groups is 1. The van der Waals surface area contributed by atoms with Crippen LogP contribution in [0.15, 0.2) is 18.2 Å². The second-order valence-corrected chi connectivity index (χ2v) is 6.55. The Morgan fingerprint density at radius 1 is 1.19 bits per heavy atom. The summed E-state index contributed by atoms with van der Waals surface area (Å²) in [7, 11) is 0. The van der Waals surface area contributed by atoms with E-state index in [2.05, 4.69) is 44.3 Å². The van der Waals surface area contributed by atoms with Crippen molar-refractivity contribution < 1.29 is 9.84 Å². The van der Waals surface area contributed by atoms with Gasteiger partial charge in [-0.05, 0) is 68.7 Å². The molecule has 0 radical (unpaired) electrons. The van der Waals surface area contributed by atoms with Gasteiger partial charge in [-0.2, -0.15) is 0 Å². The van der Waals surface area contributed by atoms with Gasteiger partial charge >= 0.3 is 0 Å². The lowest BCUT2D eigenvalue weighted by atomic mass is 9.89. The average molecular weight is 291 g/mol. The fraction of sp³-hybridized carbons (Fsp3) is 0.667. The molecule has 1 saturated carbocycles. The van der Waals surface area contributed by atoms with Crippen molar-refractivity contribution in [3.63, 3.8) is 0 Å². The molecule has 1 aliphatic rings. The summed E-state index contributed by atoms with van der Waals surface area (Å²) in [5.74, 6) is 0.834. The van der Waals surface area contributed by atoms with Crippen LogP contribution in [0.1, 0.15) is 43.7 Å². The zero-order valence-electron chi connectivity index (χ0n) is 13.6. The topological polar surface area (TPSA) is 41.5 Å². The molecule has 0 aliphatic heterocycles. The predicted molar refractivity (Wildman–Crippen MR) is 87.8 cm³/mol. The maximum Gasteiger partial charge on any atom is 0.0945 e. The van der Waals surface area contributed by atoms with Gasteiger partial charge in [0.2, 0.25) is 0 Å². The van der Waals surface area contributed by atoms with Crippen LogP contribution in [0.3, 0.4) is 0 Å². The molecule has 21 heavy (non-hydrogen) atoms. The first kappa shape index (κ1) is 16.3. The standard InChI is InChI=1S/C18H29NO2/c1-13-4-8-18(9-5-13)21-12-17(20)11-19-16-7-6-14(2)15(3)10-16/h6-7,10,13,17-20H,4-5,8-9,11-12H2,1-3H3. The van der Waals surface area contributed by atoms with Crippen LogP contribution in [0.5, 0.6) is 0 Å². The van der Waals surface area contributed by atoms with Crippen molar-refractivity contribution in [2.24, 2.45) is 5.92 Å². The SMILES string of the molecule is Cc1ccc(NCC(O)COC2CCC(C)CC2)cc1C. The van der Waals surface area contributed by atoms with Crippen molar-refractivity contribution in [2.75, 3.05) is 18.5 Å². The monoisotopic (exact) mass is 291 g/mol. The average Bonchev–Trinajstić information content (AvgIpc) is 2.48. The van der Waals surface area contributed by atoms with Crippen LogP contribution in [-0.4, -0.2) is 30.5 Å². The molecule has 1 fully saturated rings. The van der Waals surface area contributed by atoms with Gasteiger partial charge in [0.15, 0.2) is 0 Å². The Morgan fingerprint density at radius 2 is 1.90 bits per heavy atom. The van der Waals surface area contributed by atoms with Gasteiger partial charge in [0, 0.05) is 12.2 Å². The number of hydrogen-bond donors (Lipinski definition) is 2. The lowest BCUT2D eigenvalue weighted by molar-refractivity contribution is -0.0245. The number of hydrogen-bond acceptors (Lipinski definition) is 3. The minimum Gasteiger partial charge on any atom is -0.389 e. The fourth-order valence-corrected chi connectivity index (χ4v) is 2.79. The molecule has 1 aliphatic carbocycles. The fourth-order valence-electron chi connectivity index (χ4n) is 2.79. The predicted octanol–water partition coefficient (Wildman–Crippen LogP) is 3.67. The van der Waals surface area contributed by atoms with Crippen molar-refractivity contribution in [3.05, 3.63) is 29.3 Å². The minimum atomic E-state index is -0.453. The van der Waals surface area contributed by atoms with Gasteiger partial charge in [-0.1, -0.05) is 13.0 Å². The maximum absolute atomic E-state index is 10.0.